The fraction of sp³-hybridized carbons (Fsp3) is 0.600. The first kappa shape index (κ1) is 10.9. The molecule has 0 bridgehead atoms. The molecule has 0 amide bonds. The molecule has 6 heteroatoms. The van der Waals surface area contributed by atoms with E-state index in [9.17, 15) is 4.79 Å². The van der Waals surface area contributed by atoms with E-state index in [0.717, 1.165) is 25.5 Å². The second-order valence-corrected chi connectivity index (χ2v) is 3.86. The summed E-state index contributed by atoms with van der Waals surface area (Å²) in [7, 11) is 1.70. The molecule has 2 atom stereocenters. The molecule has 0 aliphatic heterocycles. The lowest BCUT2D eigenvalue weighted by Crippen LogP contribution is -2.17. The van der Waals surface area contributed by atoms with Crippen molar-refractivity contribution in [1.82, 2.24) is 4.98 Å². The quantitative estimate of drug-likeness (QED) is 0.806. The number of carboxylic acids is 1. The highest BCUT2D eigenvalue weighted by molar-refractivity contribution is 5.85. The lowest BCUT2D eigenvalue weighted by Gasteiger charge is -2.10. The zero-order valence-corrected chi connectivity index (χ0v) is 8.97. The number of rotatable bonds is 4. The maximum Gasteiger partial charge on any atom is 0.357 e. The van der Waals surface area contributed by atoms with E-state index in [1.807, 2.05) is 0 Å². The molecule has 1 heterocycles. The number of hydrogen-bond acceptors (Lipinski definition) is 5. The van der Waals surface area contributed by atoms with Crippen LogP contribution in [0.15, 0.2) is 10.7 Å². The zero-order chi connectivity index (χ0) is 11.5. The summed E-state index contributed by atoms with van der Waals surface area (Å²) in [5.41, 5.74) is -0.0798. The molecule has 1 aliphatic carbocycles. The van der Waals surface area contributed by atoms with E-state index in [2.05, 4.69) is 10.3 Å². The molecule has 0 saturated heterocycles. The smallest absolute Gasteiger partial charge is 0.357 e. The Morgan fingerprint density at radius 2 is 2.50 bits per heavy atom. The van der Waals surface area contributed by atoms with E-state index in [-0.39, 0.29) is 23.9 Å². The normalized spacial score (nSPS) is 24.6. The Kier molecular flexibility index (Phi) is 3.09. The van der Waals surface area contributed by atoms with Crippen molar-refractivity contribution in [1.29, 1.82) is 0 Å². The molecule has 1 saturated carbocycles. The predicted octanol–water partition coefficient (Wildman–Crippen LogP) is 1.35. The number of oxazole rings is 1. The van der Waals surface area contributed by atoms with Gasteiger partial charge in [0, 0.05) is 13.2 Å². The van der Waals surface area contributed by atoms with E-state index < -0.39 is 5.97 Å². The number of carbonyl (C=O) groups is 1. The number of nitrogens with zero attached hydrogens (tertiary/aromatic N) is 1. The SMILES string of the molecule is COC1CCC(Nc2nc(C(=O)O)co2)C1. The van der Waals surface area contributed by atoms with E-state index in [4.69, 9.17) is 14.3 Å². The summed E-state index contributed by atoms with van der Waals surface area (Å²) in [4.78, 5) is 14.4. The molecule has 88 valence electrons. The molecule has 1 aromatic rings. The van der Waals surface area contributed by atoms with Gasteiger partial charge in [-0.25, -0.2) is 4.79 Å². The second-order valence-electron chi connectivity index (χ2n) is 3.86. The number of aromatic carboxylic acids is 1. The van der Waals surface area contributed by atoms with Gasteiger partial charge < -0.3 is 19.6 Å². The van der Waals surface area contributed by atoms with Gasteiger partial charge in [0.15, 0.2) is 5.69 Å². The Morgan fingerprint density at radius 3 is 3.06 bits per heavy atom. The van der Waals surface area contributed by atoms with E-state index in [1.54, 1.807) is 7.11 Å². The first-order valence-electron chi connectivity index (χ1n) is 5.17. The maximum atomic E-state index is 10.6. The van der Waals surface area contributed by atoms with Gasteiger partial charge in [-0.05, 0) is 19.3 Å². The van der Waals surface area contributed by atoms with Crippen LogP contribution in [0.4, 0.5) is 6.01 Å². The predicted molar refractivity (Wildman–Crippen MR) is 55.5 cm³/mol. The van der Waals surface area contributed by atoms with Gasteiger partial charge in [0.25, 0.3) is 6.01 Å². The summed E-state index contributed by atoms with van der Waals surface area (Å²) < 4.78 is 10.3. The van der Waals surface area contributed by atoms with Crippen LogP contribution in [0.2, 0.25) is 0 Å². The fourth-order valence-electron chi connectivity index (χ4n) is 1.90. The summed E-state index contributed by atoms with van der Waals surface area (Å²) in [6.07, 6.45) is 4.27. The largest absolute Gasteiger partial charge is 0.476 e. The lowest BCUT2D eigenvalue weighted by atomic mass is 10.2. The van der Waals surface area contributed by atoms with Gasteiger partial charge >= 0.3 is 5.97 Å². The highest BCUT2D eigenvalue weighted by Crippen LogP contribution is 2.24. The Labute approximate surface area is 92.6 Å². The van der Waals surface area contributed by atoms with Crippen LogP contribution in [0.25, 0.3) is 0 Å². The van der Waals surface area contributed by atoms with Crippen LogP contribution in [0.1, 0.15) is 29.8 Å². The monoisotopic (exact) mass is 226 g/mol. The van der Waals surface area contributed by atoms with Gasteiger partial charge in [-0.1, -0.05) is 0 Å². The second kappa shape index (κ2) is 4.52. The summed E-state index contributed by atoms with van der Waals surface area (Å²) >= 11 is 0. The molecular formula is C10H14N2O4. The van der Waals surface area contributed by atoms with Gasteiger partial charge in [-0.3, -0.25) is 0 Å². The third-order valence-electron chi connectivity index (χ3n) is 2.77. The number of aromatic nitrogens is 1. The van der Waals surface area contributed by atoms with Crippen molar-refractivity contribution in [2.75, 3.05) is 12.4 Å². The molecule has 2 unspecified atom stereocenters. The molecule has 6 nitrogen and oxygen atoms in total. The van der Waals surface area contributed by atoms with Gasteiger partial charge in [-0.15, -0.1) is 0 Å². The number of ether oxygens (including phenoxy) is 1. The summed E-state index contributed by atoms with van der Waals surface area (Å²) in [6.45, 7) is 0. The van der Waals surface area contributed by atoms with Crippen LogP contribution < -0.4 is 5.32 Å². The average Bonchev–Trinajstić information content (AvgIpc) is 2.87. The molecule has 2 rings (SSSR count). The van der Waals surface area contributed by atoms with Gasteiger partial charge in [0.1, 0.15) is 6.26 Å². The van der Waals surface area contributed by atoms with Crippen LogP contribution in [0.3, 0.4) is 0 Å². The number of carboxylic acid groups (broad SMARTS) is 1. The minimum Gasteiger partial charge on any atom is -0.476 e. The number of anilines is 1. The Hall–Kier alpha value is -1.56. The van der Waals surface area contributed by atoms with E-state index >= 15 is 0 Å². The van der Waals surface area contributed by atoms with Crippen molar-refractivity contribution < 1.29 is 19.1 Å². The number of hydrogen-bond donors (Lipinski definition) is 2. The Bertz CT molecular complexity index is 377. The first-order chi connectivity index (χ1) is 7.69. The molecule has 2 N–H and O–H groups in total. The van der Waals surface area contributed by atoms with Crippen molar-refractivity contribution >= 4 is 12.0 Å². The summed E-state index contributed by atoms with van der Waals surface area (Å²) in [5, 5.41) is 11.7. The molecule has 1 aromatic heterocycles. The number of methoxy groups -OCH3 is 1. The molecule has 0 radical (unpaired) electrons. The number of nitrogens with one attached hydrogen (secondary N) is 1. The minimum atomic E-state index is -1.09. The summed E-state index contributed by atoms with van der Waals surface area (Å²) in [5.74, 6) is -1.09. The van der Waals surface area contributed by atoms with Gasteiger partial charge in [0.05, 0.1) is 6.10 Å². The molecule has 16 heavy (non-hydrogen) atoms. The van der Waals surface area contributed by atoms with E-state index in [1.165, 1.54) is 0 Å². The van der Waals surface area contributed by atoms with Crippen molar-refractivity contribution in [3.63, 3.8) is 0 Å². The van der Waals surface area contributed by atoms with Crippen molar-refractivity contribution in [2.45, 2.75) is 31.4 Å². The lowest BCUT2D eigenvalue weighted by molar-refractivity contribution is 0.0690. The zero-order valence-electron chi connectivity index (χ0n) is 8.97. The van der Waals surface area contributed by atoms with Crippen LogP contribution >= 0.6 is 0 Å². The van der Waals surface area contributed by atoms with Crippen molar-refractivity contribution in [3.8, 4) is 0 Å². The highest BCUT2D eigenvalue weighted by atomic mass is 16.5. The Balaban J connectivity index is 1.92. The third-order valence-corrected chi connectivity index (χ3v) is 2.77. The van der Waals surface area contributed by atoms with Crippen LogP contribution in [0.5, 0.6) is 0 Å². The average molecular weight is 226 g/mol. The summed E-state index contributed by atoms with van der Waals surface area (Å²) in [6, 6.07) is 0.504. The van der Waals surface area contributed by atoms with Gasteiger partial charge in [0.2, 0.25) is 0 Å². The van der Waals surface area contributed by atoms with Gasteiger partial charge in [-0.2, -0.15) is 4.98 Å². The Morgan fingerprint density at radius 1 is 1.69 bits per heavy atom. The fourth-order valence-corrected chi connectivity index (χ4v) is 1.90. The van der Waals surface area contributed by atoms with Crippen LogP contribution in [-0.2, 0) is 4.74 Å². The molecule has 1 fully saturated rings. The van der Waals surface area contributed by atoms with Crippen molar-refractivity contribution in [3.05, 3.63) is 12.0 Å². The minimum absolute atomic E-state index is 0.0798. The van der Waals surface area contributed by atoms with Crippen molar-refractivity contribution in [2.24, 2.45) is 0 Å². The highest BCUT2D eigenvalue weighted by Gasteiger charge is 2.25. The third kappa shape index (κ3) is 2.33. The topological polar surface area (TPSA) is 84.6 Å². The molecule has 1 aliphatic rings. The van der Waals surface area contributed by atoms with E-state index in [0.29, 0.717) is 0 Å². The maximum absolute atomic E-state index is 10.6. The molecule has 0 spiro atoms. The van der Waals surface area contributed by atoms with Crippen LogP contribution in [0, 0.1) is 0 Å². The molecular weight excluding hydrogens is 212 g/mol. The first-order valence-corrected chi connectivity index (χ1v) is 5.17. The van der Waals surface area contributed by atoms with Crippen LogP contribution in [-0.4, -0.2) is 35.3 Å². The standard InChI is InChI=1S/C10H14N2O4/c1-15-7-3-2-6(4-7)11-10-12-8(5-16-10)9(13)14/h5-7H,2-4H2,1H3,(H,11,12)(H,13,14). The molecule has 0 aromatic carbocycles.